The normalized spacial score (nSPS) is 16.0. The maximum absolute atomic E-state index is 13.4. The number of halogens is 2. The highest BCUT2D eigenvalue weighted by molar-refractivity contribution is 9.10. The molecule has 1 heterocycles. The molecule has 0 spiro atoms. The number of amides is 1. The lowest BCUT2D eigenvalue weighted by molar-refractivity contribution is -0.113. The smallest absolute Gasteiger partial charge is 0.270 e. The molecular formula is C17H11BrFNO3S2. The summed E-state index contributed by atoms with van der Waals surface area (Å²) in [5, 5.41) is 9.86. The van der Waals surface area contributed by atoms with Crippen molar-refractivity contribution in [2.45, 2.75) is 0 Å². The van der Waals surface area contributed by atoms with E-state index in [1.54, 1.807) is 24.3 Å². The monoisotopic (exact) mass is 439 g/mol. The van der Waals surface area contributed by atoms with Gasteiger partial charge in [0.2, 0.25) is 0 Å². The van der Waals surface area contributed by atoms with Crippen molar-refractivity contribution in [3.05, 3.63) is 57.2 Å². The topological polar surface area (TPSA) is 49.8 Å². The summed E-state index contributed by atoms with van der Waals surface area (Å²) in [6, 6.07) is 8.97. The van der Waals surface area contributed by atoms with Crippen LogP contribution < -0.4 is 9.64 Å². The highest BCUT2D eigenvalue weighted by Crippen LogP contribution is 2.39. The third-order valence-corrected chi connectivity index (χ3v) is 5.34. The maximum atomic E-state index is 13.4. The van der Waals surface area contributed by atoms with Gasteiger partial charge in [-0.05, 0) is 57.9 Å². The van der Waals surface area contributed by atoms with Crippen LogP contribution in [0.1, 0.15) is 5.56 Å². The van der Waals surface area contributed by atoms with Gasteiger partial charge in [-0.2, -0.15) is 0 Å². The molecule has 0 aliphatic carbocycles. The van der Waals surface area contributed by atoms with Crippen LogP contribution >= 0.6 is 39.9 Å². The van der Waals surface area contributed by atoms with Crippen LogP contribution in [0.4, 0.5) is 10.1 Å². The second kappa shape index (κ2) is 7.15. The summed E-state index contributed by atoms with van der Waals surface area (Å²) in [5.41, 5.74) is 1.04. The van der Waals surface area contributed by atoms with Crippen molar-refractivity contribution in [1.29, 1.82) is 0 Å². The fraction of sp³-hybridized carbons (Fsp3) is 0.0588. The van der Waals surface area contributed by atoms with Gasteiger partial charge in [0.1, 0.15) is 5.82 Å². The Morgan fingerprint density at radius 3 is 2.80 bits per heavy atom. The number of nitrogens with zero attached hydrogens (tertiary/aromatic N) is 1. The van der Waals surface area contributed by atoms with Crippen LogP contribution in [0.5, 0.6) is 11.5 Å². The number of carbonyl (C=O) groups is 1. The van der Waals surface area contributed by atoms with Gasteiger partial charge in [0.05, 0.1) is 22.2 Å². The van der Waals surface area contributed by atoms with Gasteiger partial charge >= 0.3 is 0 Å². The summed E-state index contributed by atoms with van der Waals surface area (Å²) >= 11 is 9.63. The van der Waals surface area contributed by atoms with E-state index in [0.29, 0.717) is 24.9 Å². The minimum absolute atomic E-state index is 0.0213. The zero-order chi connectivity index (χ0) is 18.1. The van der Waals surface area contributed by atoms with E-state index in [4.69, 9.17) is 17.0 Å². The van der Waals surface area contributed by atoms with Crippen molar-refractivity contribution in [3.63, 3.8) is 0 Å². The molecule has 0 aromatic heterocycles. The molecule has 0 saturated carbocycles. The van der Waals surface area contributed by atoms with Gasteiger partial charge in [-0.1, -0.05) is 30.0 Å². The number of carbonyl (C=O) groups excluding carboxylic acids is 1. The molecular weight excluding hydrogens is 429 g/mol. The maximum Gasteiger partial charge on any atom is 0.270 e. The van der Waals surface area contributed by atoms with Gasteiger partial charge in [-0.15, -0.1) is 0 Å². The van der Waals surface area contributed by atoms with Crippen molar-refractivity contribution >= 4 is 61.9 Å². The van der Waals surface area contributed by atoms with Crippen LogP contribution in [0.15, 0.2) is 45.8 Å². The second-order valence-electron chi connectivity index (χ2n) is 5.05. The summed E-state index contributed by atoms with van der Waals surface area (Å²) in [5.74, 6) is -0.514. The van der Waals surface area contributed by atoms with Crippen molar-refractivity contribution in [2.24, 2.45) is 0 Å². The Bertz CT molecular complexity index is 917. The number of benzene rings is 2. The average Bonchev–Trinajstić information content (AvgIpc) is 2.84. The molecule has 3 rings (SSSR count). The van der Waals surface area contributed by atoms with Gasteiger partial charge in [0.15, 0.2) is 15.8 Å². The Hall–Kier alpha value is -1.90. The third-order valence-electron chi connectivity index (χ3n) is 3.43. The second-order valence-corrected chi connectivity index (χ2v) is 7.58. The van der Waals surface area contributed by atoms with Crippen LogP contribution in [0, 0.1) is 5.82 Å². The summed E-state index contributed by atoms with van der Waals surface area (Å²) in [6.07, 6.45) is 1.64. The first-order valence-corrected chi connectivity index (χ1v) is 9.02. The fourth-order valence-electron chi connectivity index (χ4n) is 2.29. The first kappa shape index (κ1) is 17.9. The number of hydrogen-bond donors (Lipinski definition) is 1. The SMILES string of the molecule is COc1cc(/C=C2/SC(=S)N(c3cccc(F)c3)C2=O)cc(Br)c1O. The van der Waals surface area contributed by atoms with E-state index >= 15 is 0 Å². The molecule has 2 aromatic rings. The van der Waals surface area contributed by atoms with E-state index in [1.165, 1.54) is 30.2 Å². The molecule has 1 N–H and O–H groups in total. The average molecular weight is 440 g/mol. The van der Waals surface area contributed by atoms with Crippen molar-refractivity contribution < 1.29 is 19.0 Å². The number of phenolic OH excluding ortho intramolecular Hbond substituents is 1. The summed E-state index contributed by atoms with van der Waals surface area (Å²) in [6.45, 7) is 0. The molecule has 0 bridgehead atoms. The molecule has 0 unspecified atom stereocenters. The molecule has 0 radical (unpaired) electrons. The van der Waals surface area contributed by atoms with Gasteiger partial charge in [-0.25, -0.2) is 4.39 Å². The first-order chi connectivity index (χ1) is 11.9. The number of thiocarbonyl (C=S) groups is 1. The Kier molecular flexibility index (Phi) is 5.12. The van der Waals surface area contributed by atoms with Crippen LogP contribution in [0.2, 0.25) is 0 Å². The zero-order valence-electron chi connectivity index (χ0n) is 12.8. The fourth-order valence-corrected chi connectivity index (χ4v) is 4.05. The number of methoxy groups -OCH3 is 1. The first-order valence-electron chi connectivity index (χ1n) is 7.00. The molecule has 2 aromatic carbocycles. The van der Waals surface area contributed by atoms with E-state index in [1.807, 2.05) is 0 Å². The van der Waals surface area contributed by atoms with Crippen LogP contribution in [0.3, 0.4) is 0 Å². The standard InChI is InChI=1S/C17H11BrFNO3S2/c1-23-13-6-9(5-12(18)15(13)21)7-14-16(22)20(17(24)25-14)11-4-2-3-10(19)8-11/h2-8,21H,1H3/b14-7+. The predicted molar refractivity (Wildman–Crippen MR) is 104 cm³/mol. The number of hydrogen-bond acceptors (Lipinski definition) is 5. The Morgan fingerprint density at radius 2 is 2.12 bits per heavy atom. The number of thioether (sulfide) groups is 1. The largest absolute Gasteiger partial charge is 0.503 e. The Balaban J connectivity index is 1.97. The molecule has 1 fully saturated rings. The molecule has 4 nitrogen and oxygen atoms in total. The van der Waals surface area contributed by atoms with Gasteiger partial charge < -0.3 is 9.84 Å². The van der Waals surface area contributed by atoms with Crippen molar-refractivity contribution in [3.8, 4) is 11.5 Å². The molecule has 25 heavy (non-hydrogen) atoms. The number of anilines is 1. The van der Waals surface area contributed by atoms with E-state index in [-0.39, 0.29) is 17.4 Å². The zero-order valence-corrected chi connectivity index (χ0v) is 16.0. The van der Waals surface area contributed by atoms with Gasteiger partial charge in [0.25, 0.3) is 5.91 Å². The number of aromatic hydroxyl groups is 1. The summed E-state index contributed by atoms with van der Waals surface area (Å²) in [7, 11) is 1.44. The lowest BCUT2D eigenvalue weighted by atomic mass is 10.2. The number of rotatable bonds is 3. The number of ether oxygens (including phenoxy) is 1. The van der Waals surface area contributed by atoms with Gasteiger partial charge in [0, 0.05) is 0 Å². The minimum atomic E-state index is -0.442. The van der Waals surface area contributed by atoms with Crippen molar-refractivity contribution in [1.82, 2.24) is 0 Å². The number of phenols is 1. The van der Waals surface area contributed by atoms with E-state index in [9.17, 15) is 14.3 Å². The van der Waals surface area contributed by atoms with E-state index in [0.717, 1.165) is 11.8 Å². The Labute approximate surface area is 161 Å². The molecule has 0 atom stereocenters. The highest BCUT2D eigenvalue weighted by atomic mass is 79.9. The summed E-state index contributed by atoms with van der Waals surface area (Å²) < 4.78 is 19.3. The highest BCUT2D eigenvalue weighted by Gasteiger charge is 2.33. The third kappa shape index (κ3) is 3.56. The van der Waals surface area contributed by atoms with E-state index in [2.05, 4.69) is 15.9 Å². The van der Waals surface area contributed by atoms with Crippen LogP contribution in [-0.4, -0.2) is 22.4 Å². The van der Waals surface area contributed by atoms with E-state index < -0.39 is 5.82 Å². The van der Waals surface area contributed by atoms with Gasteiger partial charge in [-0.3, -0.25) is 9.69 Å². The Morgan fingerprint density at radius 1 is 1.36 bits per heavy atom. The molecule has 8 heteroatoms. The predicted octanol–water partition coefficient (Wildman–Crippen LogP) is 4.71. The van der Waals surface area contributed by atoms with Crippen LogP contribution in [0.25, 0.3) is 6.08 Å². The molecule has 1 amide bonds. The lowest BCUT2D eigenvalue weighted by Crippen LogP contribution is -2.27. The van der Waals surface area contributed by atoms with Crippen LogP contribution in [-0.2, 0) is 4.79 Å². The molecule has 1 aliphatic heterocycles. The summed E-state index contributed by atoms with van der Waals surface area (Å²) in [4.78, 5) is 14.4. The molecule has 1 saturated heterocycles. The quantitative estimate of drug-likeness (QED) is 0.554. The molecule has 128 valence electrons. The lowest BCUT2D eigenvalue weighted by Gasteiger charge is -2.14. The molecule has 1 aliphatic rings. The van der Waals surface area contributed by atoms with Crippen molar-refractivity contribution in [2.75, 3.05) is 12.0 Å². The minimum Gasteiger partial charge on any atom is -0.503 e.